The van der Waals surface area contributed by atoms with E-state index < -0.39 is 35.9 Å². The van der Waals surface area contributed by atoms with Crippen LogP contribution in [0.5, 0.6) is 0 Å². The Labute approximate surface area is 148 Å². The zero-order chi connectivity index (χ0) is 18.2. The van der Waals surface area contributed by atoms with Crippen LogP contribution >= 0.6 is 22.9 Å². The first-order chi connectivity index (χ1) is 11.7. The van der Waals surface area contributed by atoms with Gasteiger partial charge in [0.05, 0.1) is 17.7 Å². The van der Waals surface area contributed by atoms with E-state index in [9.17, 15) is 22.8 Å². The van der Waals surface area contributed by atoms with E-state index in [4.69, 9.17) is 11.6 Å². The van der Waals surface area contributed by atoms with Crippen molar-refractivity contribution < 1.29 is 27.5 Å². The molecule has 132 valence electrons. The third-order valence-corrected chi connectivity index (χ3v) is 4.36. The largest absolute Gasteiger partial charge is 0.434 e. The van der Waals surface area contributed by atoms with E-state index >= 15 is 0 Å². The van der Waals surface area contributed by atoms with Crippen LogP contribution < -0.4 is 10.6 Å². The van der Waals surface area contributed by atoms with Gasteiger partial charge in [0.2, 0.25) is 0 Å². The Morgan fingerprint density at radius 3 is 2.84 bits per heavy atom. The first kappa shape index (κ1) is 17.5. The number of thiazole rings is 1. The molecule has 1 aliphatic rings. The van der Waals surface area contributed by atoms with Crippen LogP contribution in [0.2, 0.25) is 5.02 Å². The normalized spacial score (nSPS) is 19.6. The number of ether oxygens (including phenoxy) is 1. The molecule has 2 aromatic rings. The maximum Gasteiger partial charge on any atom is 0.434 e. The number of aromatic nitrogens is 1. The molecule has 0 saturated heterocycles. The van der Waals surface area contributed by atoms with Crippen LogP contribution in [-0.4, -0.2) is 29.7 Å². The SMILES string of the molecule is O=C1Nc2ccc(Cl)cc2C(CNC(=O)c2cscn2)(C(F)(F)F)O1. The number of cyclic esters (lactones) is 1. The van der Waals surface area contributed by atoms with Gasteiger partial charge in [-0.3, -0.25) is 10.1 Å². The summed E-state index contributed by atoms with van der Waals surface area (Å²) >= 11 is 6.92. The van der Waals surface area contributed by atoms with E-state index in [1.165, 1.54) is 23.0 Å². The highest BCUT2D eigenvalue weighted by atomic mass is 35.5. The van der Waals surface area contributed by atoms with Crippen molar-refractivity contribution in [3.63, 3.8) is 0 Å². The number of carbonyl (C=O) groups excluding carboxylic acids is 2. The molecular formula is C14H9ClF3N3O3S. The fraction of sp³-hybridized carbons (Fsp3) is 0.214. The molecule has 1 aromatic carbocycles. The van der Waals surface area contributed by atoms with Crippen LogP contribution in [0.3, 0.4) is 0 Å². The average Bonchev–Trinajstić information content (AvgIpc) is 3.06. The van der Waals surface area contributed by atoms with Crippen molar-refractivity contribution in [2.24, 2.45) is 0 Å². The summed E-state index contributed by atoms with van der Waals surface area (Å²) in [6, 6.07) is 3.61. The number of nitrogens with one attached hydrogen (secondary N) is 2. The number of fused-ring (bicyclic) bond motifs is 1. The molecule has 2 amide bonds. The number of nitrogens with zero attached hydrogens (tertiary/aromatic N) is 1. The number of hydrogen-bond donors (Lipinski definition) is 2. The predicted octanol–water partition coefficient (Wildman–Crippen LogP) is 3.55. The highest BCUT2D eigenvalue weighted by molar-refractivity contribution is 7.07. The number of rotatable bonds is 3. The van der Waals surface area contributed by atoms with Crippen LogP contribution in [0.25, 0.3) is 0 Å². The Balaban J connectivity index is 2.01. The topological polar surface area (TPSA) is 80.3 Å². The van der Waals surface area contributed by atoms with Crippen LogP contribution in [0.15, 0.2) is 29.1 Å². The van der Waals surface area contributed by atoms with Gasteiger partial charge in [0.1, 0.15) is 5.69 Å². The molecule has 25 heavy (non-hydrogen) atoms. The van der Waals surface area contributed by atoms with Gasteiger partial charge >= 0.3 is 12.3 Å². The van der Waals surface area contributed by atoms with Crippen LogP contribution in [0, 0.1) is 0 Å². The summed E-state index contributed by atoms with van der Waals surface area (Å²) in [7, 11) is 0. The minimum Gasteiger partial charge on any atom is -0.426 e. The van der Waals surface area contributed by atoms with E-state index in [-0.39, 0.29) is 16.4 Å². The second-order valence-corrected chi connectivity index (χ2v) is 6.24. The zero-order valence-electron chi connectivity index (χ0n) is 12.2. The first-order valence-corrected chi connectivity index (χ1v) is 8.08. The highest BCUT2D eigenvalue weighted by Gasteiger charge is 2.62. The molecule has 2 heterocycles. The Morgan fingerprint density at radius 2 is 2.20 bits per heavy atom. The van der Waals surface area contributed by atoms with Crippen LogP contribution in [0.1, 0.15) is 16.1 Å². The summed E-state index contributed by atoms with van der Waals surface area (Å²) < 4.78 is 46.2. The number of hydrogen-bond acceptors (Lipinski definition) is 5. The molecule has 6 nitrogen and oxygen atoms in total. The van der Waals surface area contributed by atoms with Crippen molar-refractivity contribution in [3.8, 4) is 0 Å². The van der Waals surface area contributed by atoms with Crippen molar-refractivity contribution in [1.82, 2.24) is 10.3 Å². The molecule has 1 aliphatic heterocycles. The summed E-state index contributed by atoms with van der Waals surface area (Å²) in [5, 5.41) is 5.72. The van der Waals surface area contributed by atoms with Crippen molar-refractivity contribution in [2.75, 3.05) is 11.9 Å². The number of carbonyl (C=O) groups is 2. The number of halogens is 4. The van der Waals surface area contributed by atoms with Gasteiger partial charge < -0.3 is 10.1 Å². The monoisotopic (exact) mass is 391 g/mol. The van der Waals surface area contributed by atoms with E-state index in [1.807, 2.05) is 0 Å². The van der Waals surface area contributed by atoms with E-state index in [2.05, 4.69) is 20.4 Å². The Hall–Kier alpha value is -2.33. The number of anilines is 1. The lowest BCUT2D eigenvalue weighted by Crippen LogP contribution is -2.56. The molecule has 3 rings (SSSR count). The summed E-state index contributed by atoms with van der Waals surface area (Å²) in [5.41, 5.74) is -2.23. The van der Waals surface area contributed by atoms with E-state index in [0.29, 0.717) is 0 Å². The van der Waals surface area contributed by atoms with Gasteiger partial charge in [0, 0.05) is 16.0 Å². The third-order valence-electron chi connectivity index (χ3n) is 3.54. The van der Waals surface area contributed by atoms with Gasteiger partial charge in [0.25, 0.3) is 11.5 Å². The molecule has 0 bridgehead atoms. The third kappa shape index (κ3) is 3.14. The lowest BCUT2D eigenvalue weighted by atomic mass is 9.89. The average molecular weight is 392 g/mol. The summed E-state index contributed by atoms with van der Waals surface area (Å²) in [6.07, 6.45) is -6.28. The van der Waals surface area contributed by atoms with Crippen molar-refractivity contribution >= 4 is 40.6 Å². The zero-order valence-corrected chi connectivity index (χ0v) is 13.8. The van der Waals surface area contributed by atoms with Crippen molar-refractivity contribution in [2.45, 2.75) is 11.8 Å². The van der Waals surface area contributed by atoms with Gasteiger partial charge in [-0.15, -0.1) is 11.3 Å². The maximum atomic E-state index is 13.9. The molecular weight excluding hydrogens is 383 g/mol. The summed E-state index contributed by atoms with van der Waals surface area (Å²) in [5.74, 6) is -0.817. The summed E-state index contributed by atoms with van der Waals surface area (Å²) in [6.45, 7) is -1.02. The molecule has 0 saturated carbocycles. The molecule has 1 atom stereocenters. The standard InChI is InChI=1S/C14H9ClF3N3O3S/c15-7-1-2-9-8(3-7)13(14(16,17)18,24-12(23)21-9)5-19-11(22)10-4-25-6-20-10/h1-4,6H,5H2,(H,19,22)(H,21,23). The first-order valence-electron chi connectivity index (χ1n) is 6.76. The lowest BCUT2D eigenvalue weighted by molar-refractivity contribution is -0.261. The smallest absolute Gasteiger partial charge is 0.426 e. The van der Waals surface area contributed by atoms with Crippen LogP contribution in [-0.2, 0) is 10.3 Å². The number of benzene rings is 1. The molecule has 0 spiro atoms. The Morgan fingerprint density at radius 1 is 1.44 bits per heavy atom. The van der Waals surface area contributed by atoms with Gasteiger partial charge in [-0.25, -0.2) is 9.78 Å². The molecule has 0 aliphatic carbocycles. The second-order valence-electron chi connectivity index (χ2n) is 5.09. The highest BCUT2D eigenvalue weighted by Crippen LogP contribution is 2.47. The van der Waals surface area contributed by atoms with E-state index in [1.54, 1.807) is 0 Å². The summed E-state index contributed by atoms with van der Waals surface area (Å²) in [4.78, 5) is 27.3. The van der Waals surface area contributed by atoms with Crippen LogP contribution in [0.4, 0.5) is 23.7 Å². The minimum atomic E-state index is -5.00. The fourth-order valence-electron chi connectivity index (χ4n) is 2.37. The maximum absolute atomic E-state index is 13.9. The second kappa shape index (κ2) is 6.19. The quantitative estimate of drug-likeness (QED) is 0.838. The molecule has 1 aromatic heterocycles. The molecule has 0 fully saturated rings. The molecule has 2 N–H and O–H groups in total. The Bertz CT molecular complexity index is 828. The molecule has 0 radical (unpaired) electrons. The van der Waals surface area contributed by atoms with Gasteiger partial charge in [-0.1, -0.05) is 11.6 Å². The van der Waals surface area contributed by atoms with E-state index in [0.717, 1.165) is 17.4 Å². The fourth-order valence-corrected chi connectivity index (χ4v) is 3.07. The van der Waals surface area contributed by atoms with Gasteiger partial charge in [0.15, 0.2) is 0 Å². The van der Waals surface area contributed by atoms with Crippen molar-refractivity contribution in [3.05, 3.63) is 45.4 Å². The number of amides is 2. The predicted molar refractivity (Wildman–Crippen MR) is 83.7 cm³/mol. The molecule has 1 unspecified atom stereocenters. The van der Waals surface area contributed by atoms with Gasteiger partial charge in [-0.2, -0.15) is 13.2 Å². The molecule has 11 heteroatoms. The minimum absolute atomic E-state index is 0.0259. The Kier molecular flexibility index (Phi) is 4.33. The van der Waals surface area contributed by atoms with Gasteiger partial charge in [-0.05, 0) is 18.2 Å². The van der Waals surface area contributed by atoms with Crippen molar-refractivity contribution in [1.29, 1.82) is 0 Å². The lowest BCUT2D eigenvalue weighted by Gasteiger charge is -2.39. The number of alkyl halides is 3.